The second-order valence-corrected chi connectivity index (χ2v) is 5.13. The lowest BCUT2D eigenvalue weighted by molar-refractivity contribution is -0.161. The van der Waals surface area contributed by atoms with Crippen LogP contribution in [0.15, 0.2) is 12.2 Å². The van der Waals surface area contributed by atoms with Crippen molar-refractivity contribution in [2.24, 2.45) is 10.8 Å². The van der Waals surface area contributed by atoms with E-state index in [1.807, 2.05) is 6.08 Å². The average molecular weight is 222 g/mol. The van der Waals surface area contributed by atoms with Gasteiger partial charge in [0.25, 0.3) is 0 Å². The second kappa shape index (κ2) is 4.04. The number of hydrogen-bond donors (Lipinski definition) is 0. The summed E-state index contributed by atoms with van der Waals surface area (Å²) in [6.07, 6.45) is 10.2. The van der Waals surface area contributed by atoms with E-state index in [0.29, 0.717) is 0 Å². The van der Waals surface area contributed by atoms with Crippen LogP contribution in [0, 0.1) is 10.8 Å². The van der Waals surface area contributed by atoms with E-state index in [1.54, 1.807) is 6.08 Å². The maximum Gasteiger partial charge on any atom is 0.311 e. The Hall–Kier alpha value is -1.12. The monoisotopic (exact) mass is 222 g/mol. The molecule has 88 valence electrons. The second-order valence-electron chi connectivity index (χ2n) is 5.13. The van der Waals surface area contributed by atoms with E-state index < -0.39 is 0 Å². The summed E-state index contributed by atoms with van der Waals surface area (Å²) in [4.78, 5) is 22.1. The van der Waals surface area contributed by atoms with Gasteiger partial charge in [-0.1, -0.05) is 6.08 Å². The molecule has 3 nitrogen and oxygen atoms in total. The molecule has 3 heteroatoms. The molecule has 0 atom stereocenters. The first kappa shape index (κ1) is 11.4. The fraction of sp³-hybridized carbons (Fsp3) is 0.692. The standard InChI is InChI=1S/C13H18O3/c1-16-11(15)13-7-4-12(5-8-13,6-9-13)3-2-10-14/h2-3,10H,4-9H2,1H3/b3-2+. The molecular weight excluding hydrogens is 204 g/mol. The van der Waals surface area contributed by atoms with E-state index in [-0.39, 0.29) is 16.8 Å². The van der Waals surface area contributed by atoms with E-state index >= 15 is 0 Å². The van der Waals surface area contributed by atoms with Gasteiger partial charge in [0.15, 0.2) is 0 Å². The Bertz CT molecular complexity index is 306. The van der Waals surface area contributed by atoms with Crippen molar-refractivity contribution in [2.75, 3.05) is 7.11 Å². The Morgan fingerprint density at radius 2 is 1.69 bits per heavy atom. The molecule has 0 radical (unpaired) electrons. The molecule has 0 aromatic rings. The van der Waals surface area contributed by atoms with Crippen LogP contribution in [0.5, 0.6) is 0 Å². The Balaban J connectivity index is 2.11. The van der Waals surface area contributed by atoms with E-state index in [0.717, 1.165) is 44.8 Å². The zero-order valence-corrected chi connectivity index (χ0v) is 9.70. The molecule has 2 bridgehead atoms. The van der Waals surface area contributed by atoms with Gasteiger partial charge in [-0.2, -0.15) is 0 Å². The van der Waals surface area contributed by atoms with Gasteiger partial charge in [0.2, 0.25) is 0 Å². The molecule has 3 aliphatic rings. The number of carbonyl (C=O) groups excluding carboxylic acids is 2. The predicted octanol–water partition coefficient (Wildman–Crippen LogP) is 2.26. The van der Waals surface area contributed by atoms with Crippen LogP contribution in [0.2, 0.25) is 0 Å². The third kappa shape index (κ3) is 1.68. The van der Waals surface area contributed by atoms with Crippen molar-refractivity contribution >= 4 is 12.3 Å². The summed E-state index contributed by atoms with van der Waals surface area (Å²) >= 11 is 0. The largest absolute Gasteiger partial charge is 0.469 e. The van der Waals surface area contributed by atoms with Crippen LogP contribution in [0.1, 0.15) is 38.5 Å². The van der Waals surface area contributed by atoms with Gasteiger partial charge < -0.3 is 4.74 Å². The normalized spacial score (nSPS) is 37.6. The summed E-state index contributed by atoms with van der Waals surface area (Å²) in [7, 11) is 1.47. The van der Waals surface area contributed by atoms with Crippen molar-refractivity contribution < 1.29 is 14.3 Å². The third-order valence-corrected chi connectivity index (χ3v) is 4.45. The van der Waals surface area contributed by atoms with Gasteiger partial charge in [-0.15, -0.1) is 0 Å². The summed E-state index contributed by atoms with van der Waals surface area (Å²) in [5, 5.41) is 0. The number of aldehydes is 1. The zero-order valence-electron chi connectivity index (χ0n) is 9.70. The van der Waals surface area contributed by atoms with E-state index in [1.165, 1.54) is 7.11 Å². The first-order chi connectivity index (χ1) is 7.66. The van der Waals surface area contributed by atoms with Crippen molar-refractivity contribution in [3.05, 3.63) is 12.2 Å². The molecule has 0 N–H and O–H groups in total. The maximum atomic E-state index is 11.8. The van der Waals surface area contributed by atoms with E-state index in [2.05, 4.69) is 0 Å². The molecule has 0 heterocycles. The van der Waals surface area contributed by atoms with Gasteiger partial charge in [-0.25, -0.2) is 0 Å². The molecule has 0 aliphatic heterocycles. The number of fused-ring (bicyclic) bond motifs is 3. The maximum absolute atomic E-state index is 11.8. The van der Waals surface area contributed by atoms with Gasteiger partial charge in [-0.3, -0.25) is 9.59 Å². The molecule has 3 fully saturated rings. The van der Waals surface area contributed by atoms with Gasteiger partial charge in [0, 0.05) is 0 Å². The molecule has 16 heavy (non-hydrogen) atoms. The highest BCUT2D eigenvalue weighted by atomic mass is 16.5. The van der Waals surface area contributed by atoms with E-state index in [9.17, 15) is 9.59 Å². The minimum absolute atomic E-state index is 0.0415. The van der Waals surface area contributed by atoms with Crippen LogP contribution in [0.3, 0.4) is 0 Å². The molecule has 3 rings (SSSR count). The third-order valence-electron chi connectivity index (χ3n) is 4.45. The fourth-order valence-electron chi connectivity index (χ4n) is 3.23. The van der Waals surface area contributed by atoms with Crippen LogP contribution in [0.25, 0.3) is 0 Å². The van der Waals surface area contributed by atoms with Crippen LogP contribution >= 0.6 is 0 Å². The number of ether oxygens (including phenoxy) is 1. The Labute approximate surface area is 95.9 Å². The molecule has 0 aromatic heterocycles. The Morgan fingerprint density at radius 3 is 2.12 bits per heavy atom. The quantitative estimate of drug-likeness (QED) is 0.418. The van der Waals surface area contributed by atoms with Crippen molar-refractivity contribution in [1.29, 1.82) is 0 Å². The van der Waals surface area contributed by atoms with Crippen molar-refractivity contribution in [3.63, 3.8) is 0 Å². The minimum Gasteiger partial charge on any atom is -0.469 e. The molecule has 0 saturated heterocycles. The van der Waals surface area contributed by atoms with Crippen molar-refractivity contribution in [3.8, 4) is 0 Å². The van der Waals surface area contributed by atoms with Crippen LogP contribution in [0.4, 0.5) is 0 Å². The lowest BCUT2D eigenvalue weighted by atomic mass is 9.53. The number of methoxy groups -OCH3 is 1. The molecule has 0 amide bonds. The Kier molecular flexibility index (Phi) is 2.87. The van der Waals surface area contributed by atoms with Gasteiger partial charge in [0.05, 0.1) is 12.5 Å². The molecule has 0 unspecified atom stereocenters. The summed E-state index contributed by atoms with van der Waals surface area (Å²) in [6, 6.07) is 0. The lowest BCUT2D eigenvalue weighted by Crippen LogP contribution is -2.45. The van der Waals surface area contributed by atoms with Crippen molar-refractivity contribution in [2.45, 2.75) is 38.5 Å². The molecule has 3 aliphatic carbocycles. The topological polar surface area (TPSA) is 43.4 Å². The number of allylic oxidation sites excluding steroid dienone is 2. The average Bonchev–Trinajstić information content (AvgIpc) is 2.37. The van der Waals surface area contributed by atoms with Gasteiger partial charge >= 0.3 is 5.97 Å². The first-order valence-electron chi connectivity index (χ1n) is 5.88. The molecule has 3 saturated carbocycles. The SMILES string of the molecule is COC(=O)C12CCC(/C=C/C=O)(CC1)CC2. The van der Waals surface area contributed by atoms with Gasteiger partial charge in [0.1, 0.15) is 6.29 Å². The highest BCUT2D eigenvalue weighted by molar-refractivity contribution is 5.77. The molecule has 0 spiro atoms. The number of esters is 1. The van der Waals surface area contributed by atoms with Crippen LogP contribution in [-0.4, -0.2) is 19.4 Å². The number of hydrogen-bond acceptors (Lipinski definition) is 3. The summed E-state index contributed by atoms with van der Waals surface area (Å²) in [5.41, 5.74) is -0.0395. The fourth-order valence-corrected chi connectivity index (χ4v) is 3.23. The summed E-state index contributed by atoms with van der Waals surface area (Å²) in [5.74, 6) is -0.0415. The number of carbonyl (C=O) groups is 2. The predicted molar refractivity (Wildman–Crippen MR) is 59.8 cm³/mol. The highest BCUT2D eigenvalue weighted by Crippen LogP contribution is 2.57. The number of rotatable bonds is 3. The smallest absolute Gasteiger partial charge is 0.311 e. The molecule has 0 aromatic carbocycles. The minimum atomic E-state index is -0.217. The van der Waals surface area contributed by atoms with Crippen LogP contribution < -0.4 is 0 Å². The Morgan fingerprint density at radius 1 is 1.12 bits per heavy atom. The summed E-state index contributed by atoms with van der Waals surface area (Å²) in [6.45, 7) is 0. The summed E-state index contributed by atoms with van der Waals surface area (Å²) < 4.78 is 4.91. The van der Waals surface area contributed by atoms with Crippen molar-refractivity contribution in [1.82, 2.24) is 0 Å². The van der Waals surface area contributed by atoms with E-state index in [4.69, 9.17) is 4.74 Å². The van der Waals surface area contributed by atoms with Gasteiger partial charge in [-0.05, 0) is 50.0 Å². The lowest BCUT2D eigenvalue weighted by Gasteiger charge is -2.50. The molecular formula is C13H18O3. The first-order valence-corrected chi connectivity index (χ1v) is 5.88. The zero-order chi connectivity index (χ0) is 11.6. The highest BCUT2D eigenvalue weighted by Gasteiger charge is 2.51. The van der Waals surface area contributed by atoms with Crippen LogP contribution in [-0.2, 0) is 14.3 Å².